The SMILES string of the molecule is C[C@H](O)CN(CCCCC1NC(=O)C(CCCCN(C[C@@H](C)O)C[C@@H](C)O)NC1=O)C[C@H](C)O. The summed E-state index contributed by atoms with van der Waals surface area (Å²) in [7, 11) is 0. The summed E-state index contributed by atoms with van der Waals surface area (Å²) in [6, 6.07) is -1.06. The van der Waals surface area contributed by atoms with Gasteiger partial charge in [0.2, 0.25) is 11.8 Å². The lowest BCUT2D eigenvalue weighted by Gasteiger charge is -2.30. The lowest BCUT2D eigenvalue weighted by Crippen LogP contribution is -2.61. The summed E-state index contributed by atoms with van der Waals surface area (Å²) in [6.07, 6.45) is 2.32. The van der Waals surface area contributed by atoms with Crippen LogP contribution in [0.4, 0.5) is 0 Å². The van der Waals surface area contributed by atoms with Crippen molar-refractivity contribution < 1.29 is 30.0 Å². The summed E-state index contributed by atoms with van der Waals surface area (Å²) in [6.45, 7) is 10.2. The minimum atomic E-state index is -0.529. The van der Waals surface area contributed by atoms with Crippen molar-refractivity contribution in [3.63, 3.8) is 0 Å². The van der Waals surface area contributed by atoms with Gasteiger partial charge in [-0.1, -0.05) is 0 Å². The number of carbonyl (C=O) groups excluding carboxylic acids is 2. The Morgan fingerprint density at radius 3 is 1.18 bits per heavy atom. The van der Waals surface area contributed by atoms with E-state index >= 15 is 0 Å². The molecule has 6 atom stereocenters. The molecule has 0 spiro atoms. The summed E-state index contributed by atoms with van der Waals surface area (Å²) in [5.74, 6) is -0.307. The predicted molar refractivity (Wildman–Crippen MR) is 131 cm³/mol. The lowest BCUT2D eigenvalue weighted by molar-refractivity contribution is -0.137. The second kappa shape index (κ2) is 16.4. The van der Waals surface area contributed by atoms with Gasteiger partial charge in [-0.2, -0.15) is 0 Å². The van der Waals surface area contributed by atoms with Crippen molar-refractivity contribution in [3.05, 3.63) is 0 Å². The van der Waals surface area contributed by atoms with Crippen molar-refractivity contribution >= 4 is 11.8 Å². The van der Waals surface area contributed by atoms with Crippen LogP contribution < -0.4 is 10.6 Å². The Morgan fingerprint density at radius 1 is 0.618 bits per heavy atom. The number of rotatable bonds is 18. The highest BCUT2D eigenvalue weighted by molar-refractivity contribution is 5.96. The van der Waals surface area contributed by atoms with Crippen LogP contribution in [0.15, 0.2) is 0 Å². The topological polar surface area (TPSA) is 146 Å². The van der Waals surface area contributed by atoms with Gasteiger partial charge in [0.1, 0.15) is 12.1 Å². The van der Waals surface area contributed by atoms with Crippen LogP contribution >= 0.6 is 0 Å². The van der Waals surface area contributed by atoms with E-state index < -0.39 is 36.5 Å². The number of nitrogens with zero attached hydrogens (tertiary/aromatic N) is 2. The molecule has 2 unspecified atom stereocenters. The van der Waals surface area contributed by atoms with Gasteiger partial charge in [0.15, 0.2) is 0 Å². The summed E-state index contributed by atoms with van der Waals surface area (Å²) in [5, 5.41) is 44.1. The van der Waals surface area contributed by atoms with Gasteiger partial charge in [-0.3, -0.25) is 19.4 Å². The first-order valence-corrected chi connectivity index (χ1v) is 12.8. The molecule has 0 saturated carbocycles. The third kappa shape index (κ3) is 13.6. The van der Waals surface area contributed by atoms with Crippen molar-refractivity contribution in [2.45, 2.75) is 103 Å². The Kier molecular flexibility index (Phi) is 14.8. The highest BCUT2D eigenvalue weighted by Crippen LogP contribution is 2.12. The van der Waals surface area contributed by atoms with E-state index in [9.17, 15) is 30.0 Å². The highest BCUT2D eigenvalue weighted by atomic mass is 16.3. The molecule has 34 heavy (non-hydrogen) atoms. The highest BCUT2D eigenvalue weighted by Gasteiger charge is 2.32. The summed E-state index contributed by atoms with van der Waals surface area (Å²) in [4.78, 5) is 29.0. The third-order valence-electron chi connectivity index (χ3n) is 5.79. The smallest absolute Gasteiger partial charge is 0.243 e. The number of aliphatic hydroxyl groups excluding tert-OH is 4. The Hall–Kier alpha value is -1.30. The first-order valence-electron chi connectivity index (χ1n) is 12.8. The second-order valence-corrected chi connectivity index (χ2v) is 10.0. The van der Waals surface area contributed by atoms with Crippen LogP contribution in [0.25, 0.3) is 0 Å². The first kappa shape index (κ1) is 30.7. The third-order valence-corrected chi connectivity index (χ3v) is 5.79. The van der Waals surface area contributed by atoms with E-state index in [0.29, 0.717) is 52.1 Å². The molecular weight excluding hydrogens is 440 g/mol. The Bertz CT molecular complexity index is 518. The number of unbranched alkanes of at least 4 members (excludes halogenated alkanes) is 2. The molecule has 6 N–H and O–H groups in total. The van der Waals surface area contributed by atoms with Crippen LogP contribution in [0, 0.1) is 0 Å². The van der Waals surface area contributed by atoms with Crippen molar-refractivity contribution in [1.29, 1.82) is 0 Å². The normalized spacial score (nSPS) is 22.4. The molecular formula is C24H48N4O6. The van der Waals surface area contributed by atoms with Crippen molar-refractivity contribution in [2.24, 2.45) is 0 Å². The standard InChI is InChI=1S/C24H48N4O6/c1-17(29)13-27(14-18(2)30)11-7-5-9-21-23(33)26-22(24(34)25-21)10-6-8-12-28(15-19(3)31)16-20(4)32/h17-22,29-32H,5-16H2,1-4H3,(H,25,34)(H,26,33)/t17-,18-,19+,20+,21?,22?. The van der Waals surface area contributed by atoms with Gasteiger partial charge in [0.05, 0.1) is 24.4 Å². The summed E-state index contributed by atoms with van der Waals surface area (Å²) in [5.41, 5.74) is 0. The number of aliphatic hydroxyl groups is 4. The van der Waals surface area contributed by atoms with Gasteiger partial charge in [0.25, 0.3) is 0 Å². The molecule has 2 amide bonds. The number of hydrogen-bond donors (Lipinski definition) is 6. The molecule has 1 aliphatic rings. The van der Waals surface area contributed by atoms with Crippen molar-refractivity contribution in [2.75, 3.05) is 39.3 Å². The average Bonchev–Trinajstić information content (AvgIpc) is 2.69. The number of nitrogens with one attached hydrogen (secondary N) is 2. The fourth-order valence-corrected chi connectivity index (χ4v) is 4.46. The molecule has 0 aromatic rings. The van der Waals surface area contributed by atoms with Crippen LogP contribution in [-0.2, 0) is 9.59 Å². The molecule has 1 rings (SSSR count). The molecule has 1 fully saturated rings. The molecule has 0 radical (unpaired) electrons. The van der Waals surface area contributed by atoms with E-state index in [1.807, 2.05) is 9.80 Å². The van der Waals surface area contributed by atoms with Gasteiger partial charge in [0, 0.05) is 26.2 Å². The van der Waals surface area contributed by atoms with E-state index in [1.165, 1.54) is 0 Å². The number of hydrogen-bond acceptors (Lipinski definition) is 8. The van der Waals surface area contributed by atoms with Crippen LogP contribution in [0.3, 0.4) is 0 Å². The zero-order valence-electron chi connectivity index (χ0n) is 21.4. The van der Waals surface area contributed by atoms with E-state index in [1.54, 1.807) is 27.7 Å². The molecule has 0 aromatic heterocycles. The van der Waals surface area contributed by atoms with Crippen LogP contribution in [0.5, 0.6) is 0 Å². The fraction of sp³-hybridized carbons (Fsp3) is 0.917. The number of carbonyl (C=O) groups is 2. The molecule has 1 saturated heterocycles. The molecule has 1 heterocycles. The van der Waals surface area contributed by atoms with E-state index in [-0.39, 0.29) is 11.8 Å². The summed E-state index contributed by atoms with van der Waals surface area (Å²) >= 11 is 0. The molecule has 1 aliphatic heterocycles. The monoisotopic (exact) mass is 488 g/mol. The number of piperazine rings is 1. The van der Waals surface area contributed by atoms with E-state index in [4.69, 9.17) is 0 Å². The second-order valence-electron chi connectivity index (χ2n) is 10.0. The zero-order valence-corrected chi connectivity index (χ0v) is 21.4. The minimum absolute atomic E-state index is 0.153. The van der Waals surface area contributed by atoms with Crippen LogP contribution in [-0.4, -0.2) is 118 Å². The average molecular weight is 489 g/mol. The largest absolute Gasteiger partial charge is 0.392 e. The zero-order chi connectivity index (χ0) is 25.7. The van der Waals surface area contributed by atoms with Gasteiger partial charge >= 0.3 is 0 Å². The maximum atomic E-state index is 12.5. The Balaban J connectivity index is 2.34. The van der Waals surface area contributed by atoms with E-state index in [2.05, 4.69) is 10.6 Å². The molecule has 200 valence electrons. The summed E-state index contributed by atoms with van der Waals surface area (Å²) < 4.78 is 0. The molecule has 0 bridgehead atoms. The Morgan fingerprint density at radius 2 is 0.912 bits per heavy atom. The van der Waals surface area contributed by atoms with Crippen LogP contribution in [0.2, 0.25) is 0 Å². The fourth-order valence-electron chi connectivity index (χ4n) is 4.46. The quantitative estimate of drug-likeness (QED) is 0.141. The minimum Gasteiger partial charge on any atom is -0.392 e. The van der Waals surface area contributed by atoms with Gasteiger partial charge < -0.3 is 31.1 Å². The Labute approximate surface area is 204 Å². The molecule has 10 heteroatoms. The van der Waals surface area contributed by atoms with Gasteiger partial charge in [-0.15, -0.1) is 0 Å². The lowest BCUT2D eigenvalue weighted by atomic mass is 10.0. The maximum absolute atomic E-state index is 12.5. The van der Waals surface area contributed by atoms with Gasteiger partial charge in [-0.05, 0) is 79.3 Å². The van der Waals surface area contributed by atoms with Crippen LogP contribution in [0.1, 0.15) is 66.2 Å². The van der Waals surface area contributed by atoms with Gasteiger partial charge in [-0.25, -0.2) is 0 Å². The van der Waals surface area contributed by atoms with Crippen molar-refractivity contribution in [1.82, 2.24) is 20.4 Å². The van der Waals surface area contributed by atoms with Crippen molar-refractivity contribution in [3.8, 4) is 0 Å². The first-order chi connectivity index (χ1) is 16.0. The maximum Gasteiger partial charge on any atom is 0.243 e. The molecule has 0 aliphatic carbocycles. The number of amides is 2. The van der Waals surface area contributed by atoms with E-state index in [0.717, 1.165) is 25.7 Å². The molecule has 10 nitrogen and oxygen atoms in total. The predicted octanol–water partition coefficient (Wildman–Crippen LogP) is -0.563. The molecule has 0 aromatic carbocycles.